The van der Waals surface area contributed by atoms with E-state index in [1.54, 1.807) is 45.6 Å². The number of nitrogens with zero attached hydrogens (tertiary/aromatic N) is 1. The van der Waals surface area contributed by atoms with Crippen LogP contribution >= 0.6 is 11.6 Å². The Hall–Kier alpha value is -2.66. The van der Waals surface area contributed by atoms with Crippen molar-refractivity contribution in [1.82, 2.24) is 4.98 Å². The van der Waals surface area contributed by atoms with Gasteiger partial charge < -0.3 is 18.6 Å². The zero-order chi connectivity index (χ0) is 17.1. The van der Waals surface area contributed by atoms with Crippen molar-refractivity contribution in [2.75, 3.05) is 21.3 Å². The molecule has 0 atom stereocenters. The summed E-state index contributed by atoms with van der Waals surface area (Å²) < 4.78 is 21.8. The molecule has 1 heterocycles. The van der Waals surface area contributed by atoms with Gasteiger partial charge >= 0.3 is 0 Å². The Labute approximate surface area is 144 Å². The number of ether oxygens (including phenoxy) is 3. The van der Waals surface area contributed by atoms with Gasteiger partial charge in [0.25, 0.3) is 0 Å². The second-order valence-electron chi connectivity index (χ2n) is 4.92. The third-order valence-corrected chi connectivity index (χ3v) is 3.74. The maximum Gasteiger partial charge on any atom is 0.220 e. The predicted octanol–water partition coefficient (Wildman–Crippen LogP) is 4.68. The van der Waals surface area contributed by atoms with E-state index >= 15 is 0 Å². The second-order valence-corrected chi connectivity index (χ2v) is 5.36. The Balaban J connectivity index is 1.98. The van der Waals surface area contributed by atoms with Crippen molar-refractivity contribution in [3.8, 4) is 17.2 Å². The summed E-state index contributed by atoms with van der Waals surface area (Å²) in [4.78, 5) is 4.39. The highest BCUT2D eigenvalue weighted by Crippen LogP contribution is 2.40. The van der Waals surface area contributed by atoms with Crippen LogP contribution in [-0.4, -0.2) is 26.3 Å². The molecule has 0 bridgehead atoms. The van der Waals surface area contributed by atoms with E-state index in [2.05, 4.69) is 4.98 Å². The van der Waals surface area contributed by atoms with Gasteiger partial charge in [0.15, 0.2) is 17.1 Å². The number of hydrogen-bond donors (Lipinski definition) is 0. The molecule has 0 aliphatic carbocycles. The van der Waals surface area contributed by atoms with Gasteiger partial charge in [0, 0.05) is 16.7 Å². The molecular formula is C18H16ClNO4. The van der Waals surface area contributed by atoms with Crippen molar-refractivity contribution in [3.63, 3.8) is 0 Å². The molecule has 3 aromatic rings. The third kappa shape index (κ3) is 3.03. The molecule has 24 heavy (non-hydrogen) atoms. The van der Waals surface area contributed by atoms with Gasteiger partial charge in [-0.15, -0.1) is 0 Å². The van der Waals surface area contributed by atoms with Gasteiger partial charge in [0.2, 0.25) is 11.6 Å². The predicted molar refractivity (Wildman–Crippen MR) is 94.0 cm³/mol. The SMILES string of the molecule is COc1ccc(/C=C/c2nc3cc(Cl)ccc3o2)c(OC)c1OC. The van der Waals surface area contributed by atoms with E-state index < -0.39 is 0 Å². The molecule has 0 aliphatic heterocycles. The standard InChI is InChI=1S/C18H16ClNO4/c1-21-15-7-4-11(17(22-2)18(15)23-3)5-9-16-20-13-10-12(19)6-8-14(13)24-16/h4-10H,1-3H3/b9-5+. The first-order chi connectivity index (χ1) is 11.7. The number of fused-ring (bicyclic) bond motifs is 1. The average Bonchev–Trinajstić information content (AvgIpc) is 3.00. The van der Waals surface area contributed by atoms with Crippen LogP contribution < -0.4 is 14.2 Å². The van der Waals surface area contributed by atoms with Gasteiger partial charge in [-0.3, -0.25) is 0 Å². The summed E-state index contributed by atoms with van der Waals surface area (Å²) in [6.07, 6.45) is 3.60. The minimum absolute atomic E-state index is 0.476. The van der Waals surface area contributed by atoms with E-state index in [-0.39, 0.29) is 0 Å². The maximum absolute atomic E-state index is 5.96. The van der Waals surface area contributed by atoms with Gasteiger partial charge in [-0.1, -0.05) is 11.6 Å². The fourth-order valence-electron chi connectivity index (χ4n) is 2.41. The van der Waals surface area contributed by atoms with E-state index in [4.69, 9.17) is 30.2 Å². The lowest BCUT2D eigenvalue weighted by atomic mass is 10.1. The number of halogens is 1. The normalized spacial score (nSPS) is 11.2. The molecule has 0 saturated carbocycles. The van der Waals surface area contributed by atoms with Gasteiger partial charge in [0.05, 0.1) is 21.3 Å². The van der Waals surface area contributed by atoms with Crippen LogP contribution in [0.2, 0.25) is 5.02 Å². The summed E-state index contributed by atoms with van der Waals surface area (Å²) in [5.74, 6) is 2.19. The van der Waals surface area contributed by atoms with Gasteiger partial charge in [-0.25, -0.2) is 4.98 Å². The largest absolute Gasteiger partial charge is 0.493 e. The zero-order valence-corrected chi connectivity index (χ0v) is 14.3. The van der Waals surface area contributed by atoms with Crippen LogP contribution in [0, 0.1) is 0 Å². The summed E-state index contributed by atoms with van der Waals surface area (Å²) in [6.45, 7) is 0. The summed E-state index contributed by atoms with van der Waals surface area (Å²) in [6, 6.07) is 9.00. The molecule has 0 N–H and O–H groups in total. The van der Waals surface area contributed by atoms with Crippen LogP contribution in [-0.2, 0) is 0 Å². The monoisotopic (exact) mass is 345 g/mol. The molecule has 0 unspecified atom stereocenters. The lowest BCUT2D eigenvalue weighted by molar-refractivity contribution is 0.324. The van der Waals surface area contributed by atoms with Crippen molar-refractivity contribution < 1.29 is 18.6 Å². The van der Waals surface area contributed by atoms with Crippen LogP contribution in [0.15, 0.2) is 34.7 Å². The quantitative estimate of drug-likeness (QED) is 0.672. The first-order valence-electron chi connectivity index (χ1n) is 7.19. The highest BCUT2D eigenvalue weighted by molar-refractivity contribution is 6.31. The van der Waals surface area contributed by atoms with Gasteiger partial charge in [-0.2, -0.15) is 0 Å². The smallest absolute Gasteiger partial charge is 0.220 e. The van der Waals surface area contributed by atoms with Crippen LogP contribution in [0.4, 0.5) is 0 Å². The van der Waals surface area contributed by atoms with E-state index in [0.717, 1.165) is 5.56 Å². The fourth-order valence-corrected chi connectivity index (χ4v) is 2.57. The molecule has 124 valence electrons. The van der Waals surface area contributed by atoms with E-state index in [1.807, 2.05) is 18.2 Å². The van der Waals surface area contributed by atoms with E-state index in [1.165, 1.54) is 0 Å². The Morgan fingerprint density at radius 3 is 2.46 bits per heavy atom. The Bertz CT molecular complexity index is 901. The molecule has 0 fully saturated rings. The summed E-state index contributed by atoms with van der Waals surface area (Å²) in [5, 5.41) is 0.618. The van der Waals surface area contributed by atoms with Crippen molar-refractivity contribution in [1.29, 1.82) is 0 Å². The lowest BCUT2D eigenvalue weighted by Crippen LogP contribution is -1.96. The van der Waals surface area contributed by atoms with Crippen molar-refractivity contribution in [2.45, 2.75) is 0 Å². The summed E-state index contributed by atoms with van der Waals surface area (Å²) >= 11 is 5.96. The van der Waals surface area contributed by atoms with Crippen LogP contribution in [0.3, 0.4) is 0 Å². The molecule has 1 aromatic heterocycles. The Morgan fingerprint density at radius 1 is 0.958 bits per heavy atom. The minimum Gasteiger partial charge on any atom is -0.493 e. The molecular weight excluding hydrogens is 330 g/mol. The van der Waals surface area contributed by atoms with Crippen LogP contribution in [0.25, 0.3) is 23.3 Å². The fraction of sp³-hybridized carbons (Fsp3) is 0.167. The number of benzene rings is 2. The molecule has 6 heteroatoms. The number of oxazole rings is 1. The van der Waals surface area contributed by atoms with Crippen molar-refractivity contribution in [3.05, 3.63) is 46.8 Å². The Kier molecular flexibility index (Phi) is 4.62. The molecule has 2 aromatic carbocycles. The molecule has 5 nitrogen and oxygen atoms in total. The minimum atomic E-state index is 0.476. The van der Waals surface area contributed by atoms with Crippen molar-refractivity contribution >= 4 is 34.9 Å². The maximum atomic E-state index is 5.96. The average molecular weight is 346 g/mol. The number of methoxy groups -OCH3 is 3. The number of aromatic nitrogens is 1. The van der Waals surface area contributed by atoms with Crippen molar-refractivity contribution in [2.24, 2.45) is 0 Å². The van der Waals surface area contributed by atoms with Gasteiger partial charge in [0.1, 0.15) is 5.52 Å². The summed E-state index contributed by atoms with van der Waals surface area (Å²) in [5.41, 5.74) is 2.20. The topological polar surface area (TPSA) is 53.7 Å². The number of hydrogen-bond acceptors (Lipinski definition) is 5. The second kappa shape index (κ2) is 6.84. The summed E-state index contributed by atoms with van der Waals surface area (Å²) in [7, 11) is 4.73. The Morgan fingerprint density at radius 2 is 1.75 bits per heavy atom. The zero-order valence-electron chi connectivity index (χ0n) is 13.5. The number of rotatable bonds is 5. The molecule has 0 amide bonds. The first kappa shape index (κ1) is 16.2. The van der Waals surface area contributed by atoms with E-state index in [0.29, 0.717) is 39.3 Å². The first-order valence-corrected chi connectivity index (χ1v) is 7.57. The van der Waals surface area contributed by atoms with E-state index in [9.17, 15) is 0 Å². The van der Waals surface area contributed by atoms with Crippen LogP contribution in [0.1, 0.15) is 11.5 Å². The van der Waals surface area contributed by atoms with Crippen LogP contribution in [0.5, 0.6) is 17.2 Å². The highest BCUT2D eigenvalue weighted by atomic mass is 35.5. The molecule has 3 rings (SSSR count). The molecule has 0 saturated heterocycles. The highest BCUT2D eigenvalue weighted by Gasteiger charge is 2.14. The molecule has 0 aliphatic rings. The lowest BCUT2D eigenvalue weighted by Gasteiger charge is -2.13. The molecule has 0 spiro atoms. The molecule has 0 radical (unpaired) electrons. The van der Waals surface area contributed by atoms with Gasteiger partial charge in [-0.05, 0) is 36.4 Å². The third-order valence-electron chi connectivity index (χ3n) is 3.51.